The van der Waals surface area contributed by atoms with Gasteiger partial charge in [0.25, 0.3) is 5.22 Å². The van der Waals surface area contributed by atoms with Crippen molar-refractivity contribution in [3.8, 4) is 17.5 Å². The number of carbonyl (C=O) groups is 1. The highest BCUT2D eigenvalue weighted by Gasteiger charge is 2.35. The van der Waals surface area contributed by atoms with Gasteiger partial charge in [-0.2, -0.15) is 5.26 Å². The Morgan fingerprint density at radius 3 is 2.96 bits per heavy atom. The van der Waals surface area contributed by atoms with Gasteiger partial charge in [0, 0.05) is 12.4 Å². The first-order chi connectivity index (χ1) is 11.2. The smallest absolute Gasteiger partial charge is 0.277 e. The van der Waals surface area contributed by atoms with Crippen molar-refractivity contribution in [2.45, 2.75) is 36.4 Å². The number of rotatable bonds is 5. The van der Waals surface area contributed by atoms with Gasteiger partial charge in [-0.15, -0.1) is 10.2 Å². The Labute approximate surface area is 137 Å². The van der Waals surface area contributed by atoms with E-state index in [1.54, 1.807) is 18.5 Å². The van der Waals surface area contributed by atoms with Crippen molar-refractivity contribution in [1.82, 2.24) is 20.5 Å². The number of thioether (sulfide) groups is 1. The van der Waals surface area contributed by atoms with Gasteiger partial charge in [-0.05, 0) is 37.8 Å². The average Bonchev–Trinajstić information content (AvgIpc) is 3.24. The van der Waals surface area contributed by atoms with Crippen LogP contribution in [-0.2, 0) is 4.79 Å². The van der Waals surface area contributed by atoms with Crippen LogP contribution < -0.4 is 5.32 Å². The van der Waals surface area contributed by atoms with E-state index in [1.165, 1.54) is 0 Å². The van der Waals surface area contributed by atoms with Gasteiger partial charge in [-0.3, -0.25) is 9.78 Å². The van der Waals surface area contributed by atoms with Crippen molar-refractivity contribution in [3.05, 3.63) is 24.5 Å². The van der Waals surface area contributed by atoms with Gasteiger partial charge >= 0.3 is 0 Å². The number of nitrogens with one attached hydrogen (secondary N) is 1. The molecule has 1 aliphatic rings. The molecule has 118 valence electrons. The number of carbonyl (C=O) groups excluding carboxylic acids is 1. The number of pyridine rings is 1. The number of aromatic nitrogens is 3. The first kappa shape index (κ1) is 15.5. The quantitative estimate of drug-likeness (QED) is 0.838. The SMILES string of the molecule is N#CC1(NC(=O)CSc2nnc(-c3cccnc3)o2)CCCC1. The highest BCUT2D eigenvalue weighted by atomic mass is 32.2. The van der Waals surface area contributed by atoms with E-state index in [1.807, 2.05) is 6.07 Å². The molecule has 0 radical (unpaired) electrons. The molecule has 23 heavy (non-hydrogen) atoms. The summed E-state index contributed by atoms with van der Waals surface area (Å²) in [6, 6.07) is 5.83. The zero-order chi connectivity index (χ0) is 16.1. The molecule has 1 fully saturated rings. The molecule has 0 saturated heterocycles. The first-order valence-electron chi connectivity index (χ1n) is 7.30. The summed E-state index contributed by atoms with van der Waals surface area (Å²) >= 11 is 1.15. The van der Waals surface area contributed by atoms with E-state index in [0.717, 1.165) is 30.2 Å². The molecule has 1 saturated carbocycles. The zero-order valence-electron chi connectivity index (χ0n) is 12.4. The van der Waals surface area contributed by atoms with Gasteiger partial charge in [0.05, 0.1) is 17.4 Å². The predicted molar refractivity (Wildman–Crippen MR) is 83.2 cm³/mol. The van der Waals surface area contributed by atoms with Crippen LogP contribution in [0.5, 0.6) is 0 Å². The molecule has 1 aliphatic carbocycles. The summed E-state index contributed by atoms with van der Waals surface area (Å²) in [5.74, 6) is 0.308. The van der Waals surface area contributed by atoms with E-state index >= 15 is 0 Å². The Balaban J connectivity index is 1.56. The largest absolute Gasteiger partial charge is 0.411 e. The van der Waals surface area contributed by atoms with Crippen LogP contribution in [0.4, 0.5) is 0 Å². The first-order valence-corrected chi connectivity index (χ1v) is 8.28. The summed E-state index contributed by atoms with van der Waals surface area (Å²) in [5, 5.41) is 20.3. The maximum atomic E-state index is 12.0. The molecular formula is C15H15N5O2S. The molecule has 0 unspecified atom stereocenters. The van der Waals surface area contributed by atoms with Crippen molar-refractivity contribution in [3.63, 3.8) is 0 Å². The minimum absolute atomic E-state index is 0.137. The Kier molecular flexibility index (Phi) is 4.57. The molecule has 0 spiro atoms. The lowest BCUT2D eigenvalue weighted by Gasteiger charge is -2.21. The Hall–Kier alpha value is -2.40. The van der Waals surface area contributed by atoms with Crippen molar-refractivity contribution in [2.75, 3.05) is 5.75 Å². The second-order valence-electron chi connectivity index (χ2n) is 5.35. The Morgan fingerprint density at radius 1 is 1.43 bits per heavy atom. The van der Waals surface area contributed by atoms with Crippen molar-refractivity contribution in [1.29, 1.82) is 5.26 Å². The molecule has 2 heterocycles. The molecule has 1 amide bonds. The second kappa shape index (κ2) is 6.79. The monoisotopic (exact) mass is 329 g/mol. The average molecular weight is 329 g/mol. The predicted octanol–water partition coefficient (Wildman–Crippen LogP) is 2.18. The van der Waals surface area contributed by atoms with Crippen LogP contribution in [-0.4, -0.2) is 32.4 Å². The molecule has 0 aliphatic heterocycles. The fourth-order valence-electron chi connectivity index (χ4n) is 2.55. The molecule has 2 aromatic heterocycles. The molecule has 2 aromatic rings. The third-order valence-electron chi connectivity index (χ3n) is 3.69. The zero-order valence-corrected chi connectivity index (χ0v) is 13.2. The normalized spacial score (nSPS) is 16.0. The molecule has 7 nitrogen and oxygen atoms in total. The van der Waals surface area contributed by atoms with E-state index in [4.69, 9.17) is 4.42 Å². The minimum atomic E-state index is -0.701. The highest BCUT2D eigenvalue weighted by molar-refractivity contribution is 7.99. The van der Waals surface area contributed by atoms with Gasteiger partial charge in [-0.25, -0.2) is 0 Å². The Bertz CT molecular complexity index is 719. The maximum absolute atomic E-state index is 12.0. The van der Waals surface area contributed by atoms with E-state index in [0.29, 0.717) is 24.0 Å². The van der Waals surface area contributed by atoms with Crippen LogP contribution in [0.25, 0.3) is 11.5 Å². The topological polar surface area (TPSA) is 105 Å². The van der Waals surface area contributed by atoms with E-state index in [-0.39, 0.29) is 11.7 Å². The number of hydrogen-bond acceptors (Lipinski definition) is 7. The summed E-state index contributed by atoms with van der Waals surface area (Å²) in [5.41, 5.74) is 0.0265. The van der Waals surface area contributed by atoms with E-state index in [9.17, 15) is 10.1 Å². The standard InChI is InChI=1S/C15H15N5O2S/c16-10-15(5-1-2-6-15)18-12(21)9-23-14-20-19-13(22-14)11-4-3-7-17-8-11/h3-4,7-8H,1-2,5-6,9H2,(H,18,21). The number of nitrogens with zero attached hydrogens (tertiary/aromatic N) is 4. The lowest BCUT2D eigenvalue weighted by molar-refractivity contribution is -0.119. The van der Waals surface area contributed by atoms with Gasteiger partial charge < -0.3 is 9.73 Å². The molecule has 8 heteroatoms. The third-order valence-corrected chi connectivity index (χ3v) is 4.51. The van der Waals surface area contributed by atoms with E-state index in [2.05, 4.69) is 26.6 Å². The molecule has 3 rings (SSSR count). The summed E-state index contributed by atoms with van der Waals surface area (Å²) in [6.07, 6.45) is 6.66. The fourth-order valence-corrected chi connectivity index (χ4v) is 3.11. The van der Waals surface area contributed by atoms with Crippen LogP contribution in [0.15, 0.2) is 34.2 Å². The molecular weight excluding hydrogens is 314 g/mol. The molecule has 0 aromatic carbocycles. The Morgan fingerprint density at radius 2 is 2.26 bits per heavy atom. The van der Waals surface area contributed by atoms with Gasteiger partial charge in [0.1, 0.15) is 5.54 Å². The fraction of sp³-hybridized carbons (Fsp3) is 0.400. The van der Waals surface area contributed by atoms with Crippen molar-refractivity contribution < 1.29 is 9.21 Å². The number of nitriles is 1. The molecule has 0 bridgehead atoms. The lowest BCUT2D eigenvalue weighted by atomic mass is 10.0. The van der Waals surface area contributed by atoms with E-state index < -0.39 is 5.54 Å². The van der Waals surface area contributed by atoms with Crippen LogP contribution in [0.3, 0.4) is 0 Å². The highest BCUT2D eigenvalue weighted by Crippen LogP contribution is 2.29. The summed E-state index contributed by atoms with van der Waals surface area (Å²) in [7, 11) is 0. The summed E-state index contributed by atoms with van der Waals surface area (Å²) in [4.78, 5) is 16.0. The van der Waals surface area contributed by atoms with Crippen LogP contribution in [0, 0.1) is 11.3 Å². The van der Waals surface area contributed by atoms with Crippen molar-refractivity contribution >= 4 is 17.7 Å². The minimum Gasteiger partial charge on any atom is -0.411 e. The number of hydrogen-bond donors (Lipinski definition) is 1. The van der Waals surface area contributed by atoms with Gasteiger partial charge in [0.15, 0.2) is 0 Å². The van der Waals surface area contributed by atoms with Crippen LogP contribution >= 0.6 is 11.8 Å². The molecule has 0 atom stereocenters. The summed E-state index contributed by atoms with van der Waals surface area (Å²) < 4.78 is 5.50. The van der Waals surface area contributed by atoms with Crippen molar-refractivity contribution in [2.24, 2.45) is 0 Å². The maximum Gasteiger partial charge on any atom is 0.277 e. The molecule has 1 N–H and O–H groups in total. The third kappa shape index (κ3) is 3.68. The summed E-state index contributed by atoms with van der Waals surface area (Å²) in [6.45, 7) is 0. The van der Waals surface area contributed by atoms with Gasteiger partial charge in [0.2, 0.25) is 11.8 Å². The lowest BCUT2D eigenvalue weighted by Crippen LogP contribution is -2.45. The van der Waals surface area contributed by atoms with Gasteiger partial charge in [-0.1, -0.05) is 11.8 Å². The second-order valence-corrected chi connectivity index (χ2v) is 6.28. The number of amides is 1. The van der Waals surface area contributed by atoms with Crippen LogP contribution in [0.2, 0.25) is 0 Å². The van der Waals surface area contributed by atoms with Crippen LogP contribution in [0.1, 0.15) is 25.7 Å².